The van der Waals surface area contributed by atoms with Crippen molar-refractivity contribution in [3.05, 3.63) is 69.2 Å². The fourth-order valence-electron chi connectivity index (χ4n) is 1.66. The molecule has 2 aromatic carbocycles. The Morgan fingerprint density at radius 2 is 1.68 bits per heavy atom. The van der Waals surface area contributed by atoms with E-state index in [-0.39, 0.29) is 10.8 Å². The van der Waals surface area contributed by atoms with Gasteiger partial charge in [0, 0.05) is 23.7 Å². The Balaban J connectivity index is 1.94. The van der Waals surface area contributed by atoms with Crippen LogP contribution in [0.4, 0.5) is 8.78 Å². The number of benzene rings is 2. The lowest BCUT2D eigenvalue weighted by molar-refractivity contribution is 0.587. The van der Waals surface area contributed by atoms with Crippen molar-refractivity contribution in [2.45, 2.75) is 13.1 Å². The highest BCUT2D eigenvalue weighted by Crippen LogP contribution is 2.17. The molecular formula is C14H11Cl2F2N. The third-order valence-corrected chi connectivity index (χ3v) is 3.17. The molecule has 1 nitrogen and oxygen atoms in total. The second kappa shape index (κ2) is 6.33. The lowest BCUT2D eigenvalue weighted by atomic mass is 10.2. The molecule has 0 aliphatic rings. The first kappa shape index (κ1) is 14.3. The molecule has 1 N–H and O–H groups in total. The SMILES string of the molecule is Fc1ccc(CNCc2ccc(Cl)cc2F)cc1Cl. The van der Waals surface area contributed by atoms with Crippen LogP contribution in [-0.2, 0) is 13.1 Å². The van der Waals surface area contributed by atoms with E-state index in [0.717, 1.165) is 5.56 Å². The van der Waals surface area contributed by atoms with E-state index < -0.39 is 5.82 Å². The number of rotatable bonds is 4. The highest BCUT2D eigenvalue weighted by Gasteiger charge is 2.04. The summed E-state index contributed by atoms with van der Waals surface area (Å²) in [6.45, 7) is 0.833. The van der Waals surface area contributed by atoms with E-state index in [1.54, 1.807) is 24.3 Å². The summed E-state index contributed by atoms with van der Waals surface area (Å²) >= 11 is 11.3. The van der Waals surface area contributed by atoms with Crippen LogP contribution in [0.2, 0.25) is 10.0 Å². The third kappa shape index (κ3) is 3.90. The number of nitrogens with one attached hydrogen (secondary N) is 1. The molecule has 0 aromatic heterocycles. The van der Waals surface area contributed by atoms with Crippen molar-refractivity contribution in [2.75, 3.05) is 0 Å². The van der Waals surface area contributed by atoms with Crippen LogP contribution in [0, 0.1) is 11.6 Å². The average Bonchev–Trinajstić information content (AvgIpc) is 2.36. The number of hydrogen-bond acceptors (Lipinski definition) is 1. The van der Waals surface area contributed by atoms with Crippen molar-refractivity contribution < 1.29 is 8.78 Å². The van der Waals surface area contributed by atoms with E-state index in [0.29, 0.717) is 23.7 Å². The van der Waals surface area contributed by atoms with Gasteiger partial charge in [0.15, 0.2) is 0 Å². The first-order valence-electron chi connectivity index (χ1n) is 5.65. The molecular weight excluding hydrogens is 291 g/mol. The topological polar surface area (TPSA) is 12.0 Å². The van der Waals surface area contributed by atoms with Gasteiger partial charge >= 0.3 is 0 Å². The van der Waals surface area contributed by atoms with Gasteiger partial charge in [0.1, 0.15) is 11.6 Å². The second-order valence-electron chi connectivity index (χ2n) is 4.09. The molecule has 2 aromatic rings. The molecule has 0 fully saturated rings. The molecule has 0 amide bonds. The lowest BCUT2D eigenvalue weighted by Crippen LogP contribution is -2.13. The largest absolute Gasteiger partial charge is 0.309 e. The maximum Gasteiger partial charge on any atom is 0.141 e. The summed E-state index contributed by atoms with van der Waals surface area (Å²) in [7, 11) is 0. The summed E-state index contributed by atoms with van der Waals surface area (Å²) in [6, 6.07) is 9.02. The van der Waals surface area contributed by atoms with Crippen molar-refractivity contribution >= 4 is 23.2 Å². The molecule has 0 bridgehead atoms. The normalized spacial score (nSPS) is 10.7. The Morgan fingerprint density at radius 3 is 2.37 bits per heavy atom. The summed E-state index contributed by atoms with van der Waals surface area (Å²) in [5.74, 6) is -0.800. The Labute approximate surface area is 120 Å². The fourth-order valence-corrected chi connectivity index (χ4v) is 2.02. The van der Waals surface area contributed by atoms with E-state index in [1.165, 1.54) is 12.1 Å². The fraction of sp³-hybridized carbons (Fsp3) is 0.143. The van der Waals surface area contributed by atoms with Gasteiger partial charge in [-0.05, 0) is 29.8 Å². The molecule has 0 aliphatic heterocycles. The third-order valence-electron chi connectivity index (χ3n) is 2.64. The minimum atomic E-state index is -0.450. The minimum Gasteiger partial charge on any atom is -0.309 e. The van der Waals surface area contributed by atoms with Crippen LogP contribution in [0.1, 0.15) is 11.1 Å². The van der Waals surface area contributed by atoms with Gasteiger partial charge in [-0.1, -0.05) is 35.3 Å². The van der Waals surface area contributed by atoms with Gasteiger partial charge in [0.25, 0.3) is 0 Å². The van der Waals surface area contributed by atoms with Gasteiger partial charge in [-0.25, -0.2) is 8.78 Å². The van der Waals surface area contributed by atoms with Crippen LogP contribution in [0.5, 0.6) is 0 Å². The van der Waals surface area contributed by atoms with E-state index in [9.17, 15) is 8.78 Å². The van der Waals surface area contributed by atoms with Crippen molar-refractivity contribution in [1.29, 1.82) is 0 Å². The van der Waals surface area contributed by atoms with Crippen LogP contribution in [0.3, 0.4) is 0 Å². The van der Waals surface area contributed by atoms with Gasteiger partial charge in [-0.15, -0.1) is 0 Å². The minimum absolute atomic E-state index is 0.0805. The number of halogens is 4. The molecule has 0 unspecified atom stereocenters. The highest BCUT2D eigenvalue weighted by atomic mass is 35.5. The van der Waals surface area contributed by atoms with E-state index >= 15 is 0 Å². The zero-order valence-electron chi connectivity index (χ0n) is 9.89. The Bertz CT molecular complexity index is 588. The Kier molecular flexibility index (Phi) is 4.75. The highest BCUT2D eigenvalue weighted by molar-refractivity contribution is 6.31. The zero-order chi connectivity index (χ0) is 13.8. The van der Waals surface area contributed by atoms with E-state index in [2.05, 4.69) is 5.32 Å². The lowest BCUT2D eigenvalue weighted by Gasteiger charge is -2.07. The molecule has 5 heteroatoms. The van der Waals surface area contributed by atoms with Gasteiger partial charge in [0.2, 0.25) is 0 Å². The predicted molar refractivity (Wildman–Crippen MR) is 73.4 cm³/mol. The summed E-state index contributed by atoms with van der Waals surface area (Å²) in [4.78, 5) is 0. The van der Waals surface area contributed by atoms with Crippen LogP contribution in [0.25, 0.3) is 0 Å². The van der Waals surface area contributed by atoms with Gasteiger partial charge in [-0.2, -0.15) is 0 Å². The van der Waals surface area contributed by atoms with Crippen LogP contribution in [0.15, 0.2) is 36.4 Å². The van der Waals surface area contributed by atoms with Gasteiger partial charge in [0.05, 0.1) is 5.02 Å². The van der Waals surface area contributed by atoms with E-state index in [1.807, 2.05) is 0 Å². The summed E-state index contributed by atoms with van der Waals surface area (Å²) in [5, 5.41) is 3.51. The molecule has 2 rings (SSSR count). The van der Waals surface area contributed by atoms with Crippen LogP contribution >= 0.6 is 23.2 Å². The monoisotopic (exact) mass is 301 g/mol. The van der Waals surface area contributed by atoms with E-state index in [4.69, 9.17) is 23.2 Å². The van der Waals surface area contributed by atoms with Crippen molar-refractivity contribution in [3.8, 4) is 0 Å². The quantitative estimate of drug-likeness (QED) is 0.873. The molecule has 0 heterocycles. The first-order valence-corrected chi connectivity index (χ1v) is 6.40. The summed E-state index contributed by atoms with van der Waals surface area (Å²) in [6.07, 6.45) is 0. The van der Waals surface area contributed by atoms with Crippen molar-refractivity contribution in [2.24, 2.45) is 0 Å². The maximum atomic E-state index is 13.5. The molecule has 0 saturated heterocycles. The zero-order valence-corrected chi connectivity index (χ0v) is 11.4. The maximum absolute atomic E-state index is 13.5. The van der Waals surface area contributed by atoms with Crippen molar-refractivity contribution in [3.63, 3.8) is 0 Å². The molecule has 19 heavy (non-hydrogen) atoms. The van der Waals surface area contributed by atoms with Crippen molar-refractivity contribution in [1.82, 2.24) is 5.32 Å². The summed E-state index contributed by atoms with van der Waals surface area (Å²) in [5.41, 5.74) is 1.36. The smallest absolute Gasteiger partial charge is 0.141 e. The Morgan fingerprint density at radius 1 is 0.895 bits per heavy atom. The molecule has 0 aliphatic carbocycles. The first-order chi connectivity index (χ1) is 9.06. The van der Waals surface area contributed by atoms with Crippen LogP contribution < -0.4 is 5.32 Å². The average molecular weight is 302 g/mol. The summed E-state index contributed by atoms with van der Waals surface area (Å²) < 4.78 is 26.5. The Hall–Kier alpha value is -1.16. The van der Waals surface area contributed by atoms with Gasteiger partial charge < -0.3 is 5.32 Å². The number of hydrogen-bond donors (Lipinski definition) is 1. The molecule has 0 radical (unpaired) electrons. The molecule has 0 saturated carbocycles. The molecule has 0 atom stereocenters. The molecule has 0 spiro atoms. The second-order valence-corrected chi connectivity index (χ2v) is 4.93. The standard InChI is InChI=1S/C14H11Cl2F2N/c15-11-3-2-10(14(18)6-11)8-19-7-9-1-4-13(17)12(16)5-9/h1-6,19H,7-8H2. The predicted octanol–water partition coefficient (Wildman–Crippen LogP) is 4.56. The van der Waals surface area contributed by atoms with Crippen LogP contribution in [-0.4, -0.2) is 0 Å². The molecule has 100 valence electrons. The van der Waals surface area contributed by atoms with Gasteiger partial charge in [-0.3, -0.25) is 0 Å².